The number of carbonyl (C=O) groups is 3. The van der Waals surface area contributed by atoms with Gasteiger partial charge < -0.3 is 19.5 Å². The van der Waals surface area contributed by atoms with Crippen molar-refractivity contribution in [2.45, 2.75) is 19.4 Å². The van der Waals surface area contributed by atoms with Gasteiger partial charge in [0, 0.05) is 23.5 Å². The van der Waals surface area contributed by atoms with Crippen molar-refractivity contribution in [2.24, 2.45) is 0 Å². The third-order valence-electron chi connectivity index (χ3n) is 4.18. The Morgan fingerprint density at radius 2 is 1.84 bits per heavy atom. The Morgan fingerprint density at radius 3 is 2.45 bits per heavy atom. The molecule has 1 unspecified atom stereocenters. The first-order chi connectivity index (χ1) is 14.8. The number of amides is 1. The summed E-state index contributed by atoms with van der Waals surface area (Å²) in [6.45, 7) is 1.49. The van der Waals surface area contributed by atoms with E-state index in [2.05, 4.69) is 27.2 Å². The Balaban J connectivity index is 2.05. The maximum absolute atomic E-state index is 12.7. The molecule has 8 heteroatoms. The molecule has 7 nitrogen and oxygen atoms in total. The number of methoxy groups -OCH3 is 1. The van der Waals surface area contributed by atoms with Crippen LogP contribution in [0.3, 0.4) is 0 Å². The molecule has 162 valence electrons. The molecule has 0 saturated carbocycles. The summed E-state index contributed by atoms with van der Waals surface area (Å²) in [5, 5.41) is 2.74. The zero-order valence-corrected chi connectivity index (χ0v) is 18.7. The second-order valence-electron chi connectivity index (χ2n) is 6.41. The van der Waals surface area contributed by atoms with Gasteiger partial charge >= 0.3 is 5.97 Å². The van der Waals surface area contributed by atoms with E-state index < -0.39 is 23.8 Å². The zero-order chi connectivity index (χ0) is 22.8. The van der Waals surface area contributed by atoms with Crippen LogP contribution in [0.25, 0.3) is 0 Å². The summed E-state index contributed by atoms with van der Waals surface area (Å²) in [6.07, 6.45) is 4.46. The van der Waals surface area contributed by atoms with Crippen LogP contribution in [0.15, 0.2) is 46.9 Å². The number of Topliss-reactive ketones (excluding diaryl/α,β-unsaturated/α-hetero) is 1. The number of ether oxygens (including phenoxy) is 3. The van der Waals surface area contributed by atoms with E-state index in [0.29, 0.717) is 23.5 Å². The highest BCUT2D eigenvalue weighted by molar-refractivity contribution is 9.10. The number of hydrogen-bond donors (Lipinski definition) is 1. The van der Waals surface area contributed by atoms with Crippen LogP contribution in [0.5, 0.6) is 11.5 Å². The summed E-state index contributed by atoms with van der Waals surface area (Å²) in [5.41, 5.74) is 1.35. The first-order valence-electron chi connectivity index (χ1n) is 9.33. The summed E-state index contributed by atoms with van der Waals surface area (Å²) in [7, 11) is 1.52. The average Bonchev–Trinajstić information content (AvgIpc) is 2.76. The quantitative estimate of drug-likeness (QED) is 0.314. The number of carbonyl (C=O) groups excluding carboxylic acids is 3. The molecule has 0 bridgehead atoms. The standard InChI is InChI=1S/C23H22BrNO6/c1-4-13-30-19-10-5-16(14-20(19)29-3)11-12-25-22(27)21(31-23(28)15(2)26)17-6-8-18(24)9-7-17/h1,5-10,14,21H,11-13H2,2-3H3,(H,25,27). The van der Waals surface area contributed by atoms with E-state index in [4.69, 9.17) is 20.6 Å². The molecule has 0 fully saturated rings. The molecule has 31 heavy (non-hydrogen) atoms. The zero-order valence-electron chi connectivity index (χ0n) is 17.1. The predicted molar refractivity (Wildman–Crippen MR) is 118 cm³/mol. The summed E-state index contributed by atoms with van der Waals surface area (Å²) >= 11 is 3.31. The van der Waals surface area contributed by atoms with E-state index in [9.17, 15) is 14.4 Å². The van der Waals surface area contributed by atoms with E-state index in [0.717, 1.165) is 17.0 Å². The number of hydrogen-bond acceptors (Lipinski definition) is 6. The smallest absolute Gasteiger partial charge is 0.375 e. The molecule has 2 rings (SSSR count). The first kappa shape index (κ1) is 24.0. The largest absolute Gasteiger partial charge is 0.493 e. The summed E-state index contributed by atoms with van der Waals surface area (Å²) in [5.74, 6) is 1.06. The molecule has 0 radical (unpaired) electrons. The monoisotopic (exact) mass is 487 g/mol. The minimum Gasteiger partial charge on any atom is -0.493 e. The van der Waals surface area contributed by atoms with Crippen LogP contribution in [0, 0.1) is 12.3 Å². The Morgan fingerprint density at radius 1 is 1.13 bits per heavy atom. The van der Waals surface area contributed by atoms with E-state index >= 15 is 0 Å². The van der Waals surface area contributed by atoms with E-state index in [-0.39, 0.29) is 13.2 Å². The van der Waals surface area contributed by atoms with E-state index in [1.165, 1.54) is 7.11 Å². The minimum absolute atomic E-state index is 0.127. The van der Waals surface area contributed by atoms with Gasteiger partial charge in [-0.3, -0.25) is 9.59 Å². The van der Waals surface area contributed by atoms with Gasteiger partial charge in [0.15, 0.2) is 11.5 Å². The fourth-order valence-electron chi connectivity index (χ4n) is 2.63. The Kier molecular flexibility index (Phi) is 9.10. The van der Waals surface area contributed by atoms with Gasteiger partial charge in [0.05, 0.1) is 7.11 Å². The van der Waals surface area contributed by atoms with Crippen LogP contribution in [0.1, 0.15) is 24.2 Å². The van der Waals surface area contributed by atoms with Crippen LogP contribution in [0.4, 0.5) is 0 Å². The van der Waals surface area contributed by atoms with Crippen LogP contribution < -0.4 is 14.8 Å². The molecule has 0 aliphatic rings. The molecule has 0 heterocycles. The van der Waals surface area contributed by atoms with Crippen LogP contribution in [-0.2, 0) is 25.5 Å². The maximum Gasteiger partial charge on any atom is 0.375 e. The summed E-state index contributed by atoms with van der Waals surface area (Å²) in [6, 6.07) is 12.1. The minimum atomic E-state index is -1.24. The molecule has 0 aliphatic heterocycles. The molecule has 0 aromatic heterocycles. The highest BCUT2D eigenvalue weighted by Gasteiger charge is 2.26. The van der Waals surface area contributed by atoms with Gasteiger partial charge in [-0.15, -0.1) is 6.42 Å². The third-order valence-corrected chi connectivity index (χ3v) is 4.70. The number of halogens is 1. The number of esters is 1. The van der Waals surface area contributed by atoms with Gasteiger partial charge in [0.2, 0.25) is 11.9 Å². The van der Waals surface area contributed by atoms with E-state index in [1.54, 1.807) is 36.4 Å². The van der Waals surface area contributed by atoms with Crippen molar-refractivity contribution in [3.8, 4) is 23.8 Å². The van der Waals surface area contributed by atoms with E-state index in [1.807, 2.05) is 6.07 Å². The maximum atomic E-state index is 12.7. The van der Waals surface area contributed by atoms with Crippen molar-refractivity contribution in [3.63, 3.8) is 0 Å². The number of rotatable bonds is 10. The molecule has 2 aromatic rings. The molecule has 1 atom stereocenters. The lowest BCUT2D eigenvalue weighted by Gasteiger charge is -2.17. The molecule has 0 saturated heterocycles. The number of nitrogens with one attached hydrogen (secondary N) is 1. The molecule has 0 spiro atoms. The second-order valence-corrected chi connectivity index (χ2v) is 7.33. The van der Waals surface area contributed by atoms with Crippen molar-refractivity contribution in [2.75, 3.05) is 20.3 Å². The third kappa shape index (κ3) is 7.15. The lowest BCUT2D eigenvalue weighted by Crippen LogP contribution is -2.34. The van der Waals surface area contributed by atoms with Crippen molar-refractivity contribution in [1.82, 2.24) is 5.32 Å². The Labute approximate surface area is 189 Å². The van der Waals surface area contributed by atoms with Crippen molar-refractivity contribution >= 4 is 33.6 Å². The Hall–Kier alpha value is -3.31. The predicted octanol–water partition coefficient (Wildman–Crippen LogP) is 3.00. The lowest BCUT2D eigenvalue weighted by atomic mass is 10.1. The van der Waals surface area contributed by atoms with Gasteiger partial charge in [-0.05, 0) is 36.2 Å². The molecule has 2 aromatic carbocycles. The molecular weight excluding hydrogens is 466 g/mol. The SMILES string of the molecule is C#CCOc1ccc(CCNC(=O)C(OC(=O)C(C)=O)c2ccc(Br)cc2)cc1OC. The lowest BCUT2D eigenvalue weighted by molar-refractivity contribution is -0.161. The molecule has 1 amide bonds. The van der Waals surface area contributed by atoms with Crippen LogP contribution in [0.2, 0.25) is 0 Å². The second kappa shape index (κ2) is 11.8. The van der Waals surface area contributed by atoms with Gasteiger partial charge in [0.1, 0.15) is 6.61 Å². The highest BCUT2D eigenvalue weighted by Crippen LogP contribution is 2.28. The fraction of sp³-hybridized carbons (Fsp3) is 0.261. The highest BCUT2D eigenvalue weighted by atomic mass is 79.9. The van der Waals surface area contributed by atoms with Crippen molar-refractivity contribution in [3.05, 3.63) is 58.1 Å². The van der Waals surface area contributed by atoms with Crippen molar-refractivity contribution in [1.29, 1.82) is 0 Å². The van der Waals surface area contributed by atoms with Gasteiger partial charge in [-0.2, -0.15) is 0 Å². The number of ketones is 1. The van der Waals surface area contributed by atoms with Gasteiger partial charge in [-0.1, -0.05) is 40.0 Å². The topological polar surface area (TPSA) is 90.9 Å². The normalized spacial score (nSPS) is 11.0. The average molecular weight is 488 g/mol. The first-order valence-corrected chi connectivity index (χ1v) is 10.1. The van der Waals surface area contributed by atoms with Gasteiger partial charge in [-0.25, -0.2) is 4.79 Å². The van der Waals surface area contributed by atoms with Crippen LogP contribution in [-0.4, -0.2) is 37.9 Å². The number of benzene rings is 2. The molecular formula is C23H22BrNO6. The summed E-state index contributed by atoms with van der Waals surface area (Å²) in [4.78, 5) is 35.8. The molecule has 1 N–H and O–H groups in total. The van der Waals surface area contributed by atoms with Gasteiger partial charge in [0.25, 0.3) is 5.91 Å². The molecule has 0 aliphatic carbocycles. The fourth-order valence-corrected chi connectivity index (χ4v) is 2.89. The van der Waals surface area contributed by atoms with Crippen LogP contribution >= 0.6 is 15.9 Å². The summed E-state index contributed by atoms with van der Waals surface area (Å²) < 4.78 is 16.6. The number of terminal acetylenes is 1. The van der Waals surface area contributed by atoms with Crippen molar-refractivity contribution < 1.29 is 28.6 Å². The Bertz CT molecular complexity index is 981.